The number of rotatable bonds is 7. The van der Waals surface area contributed by atoms with E-state index in [4.69, 9.17) is 0 Å². The third-order valence-electron chi connectivity index (χ3n) is 3.67. The predicted octanol–water partition coefficient (Wildman–Crippen LogP) is 6.23. The monoisotopic (exact) mass is 379 g/mol. The van der Waals surface area contributed by atoms with Crippen LogP contribution in [-0.4, -0.2) is 5.91 Å². The summed E-state index contributed by atoms with van der Waals surface area (Å²) in [5.74, 6) is 1.71. The Balaban J connectivity index is 1.73. The largest absolute Gasteiger partial charge is 0.326 e. The molecule has 0 spiro atoms. The van der Waals surface area contributed by atoms with Gasteiger partial charge in [0, 0.05) is 33.9 Å². The summed E-state index contributed by atoms with van der Waals surface area (Å²) in [6.07, 6.45) is 0. The van der Waals surface area contributed by atoms with Crippen molar-refractivity contribution in [2.45, 2.75) is 28.2 Å². The van der Waals surface area contributed by atoms with Crippen LogP contribution in [0.2, 0.25) is 0 Å². The number of benzene rings is 3. The molecule has 3 aromatic carbocycles. The lowest BCUT2D eigenvalue weighted by atomic mass is 10.1. The van der Waals surface area contributed by atoms with Crippen molar-refractivity contribution >= 4 is 35.1 Å². The normalized spacial score (nSPS) is 10.5. The molecule has 0 bridgehead atoms. The molecule has 3 aromatic rings. The summed E-state index contributed by atoms with van der Waals surface area (Å²) < 4.78 is 0. The molecule has 0 saturated heterocycles. The van der Waals surface area contributed by atoms with E-state index in [-0.39, 0.29) is 5.91 Å². The molecule has 2 nitrogen and oxygen atoms in total. The van der Waals surface area contributed by atoms with Crippen LogP contribution in [0.5, 0.6) is 0 Å². The van der Waals surface area contributed by atoms with Crippen molar-refractivity contribution < 1.29 is 4.79 Å². The molecule has 0 radical (unpaired) electrons. The number of thioether (sulfide) groups is 2. The molecule has 0 aromatic heterocycles. The first-order valence-electron chi connectivity index (χ1n) is 8.45. The minimum atomic E-state index is -0.0421. The summed E-state index contributed by atoms with van der Waals surface area (Å²) in [6, 6.07) is 27.1. The Morgan fingerprint density at radius 3 is 1.65 bits per heavy atom. The highest BCUT2D eigenvalue weighted by Gasteiger charge is 2.05. The Hall–Kier alpha value is -2.17. The van der Waals surface area contributed by atoms with Gasteiger partial charge in [-0.3, -0.25) is 4.79 Å². The van der Waals surface area contributed by atoms with Crippen molar-refractivity contribution in [3.05, 3.63) is 90.0 Å². The minimum Gasteiger partial charge on any atom is -0.326 e. The van der Waals surface area contributed by atoms with E-state index in [1.165, 1.54) is 20.9 Å². The molecule has 0 unspecified atom stereocenters. The van der Waals surface area contributed by atoms with Crippen LogP contribution in [0.1, 0.15) is 18.1 Å². The van der Waals surface area contributed by atoms with Gasteiger partial charge in [0.25, 0.3) is 0 Å². The van der Waals surface area contributed by atoms with Gasteiger partial charge in [-0.2, -0.15) is 0 Å². The second kappa shape index (κ2) is 9.51. The number of nitrogens with one attached hydrogen (secondary N) is 1. The summed E-state index contributed by atoms with van der Waals surface area (Å²) in [5.41, 5.74) is 3.30. The predicted molar refractivity (Wildman–Crippen MR) is 113 cm³/mol. The quantitative estimate of drug-likeness (QED) is 0.493. The van der Waals surface area contributed by atoms with Crippen molar-refractivity contribution in [1.29, 1.82) is 0 Å². The molecule has 0 aliphatic carbocycles. The molecule has 0 saturated carbocycles. The molecular weight excluding hydrogens is 358 g/mol. The smallest absolute Gasteiger partial charge is 0.221 e. The van der Waals surface area contributed by atoms with Gasteiger partial charge in [0.1, 0.15) is 0 Å². The molecule has 1 amide bonds. The van der Waals surface area contributed by atoms with E-state index in [1.807, 2.05) is 12.1 Å². The van der Waals surface area contributed by atoms with Gasteiger partial charge in [-0.1, -0.05) is 42.5 Å². The summed E-state index contributed by atoms with van der Waals surface area (Å²) in [5, 5.41) is 2.92. The summed E-state index contributed by atoms with van der Waals surface area (Å²) in [4.78, 5) is 14.0. The summed E-state index contributed by atoms with van der Waals surface area (Å²) in [7, 11) is 0. The van der Waals surface area contributed by atoms with Crippen LogP contribution in [0.15, 0.2) is 88.7 Å². The van der Waals surface area contributed by atoms with E-state index in [1.54, 1.807) is 30.4 Å². The molecular formula is C22H21NOS2. The standard InChI is InChI=1S/C22H21NOS2/c1-17(24)23-20-13-18(15-25-21-8-4-2-5-9-21)12-19(14-20)16-26-22-10-6-3-7-11-22/h2-14H,15-16H2,1H3,(H,23,24). The second-order valence-electron chi connectivity index (χ2n) is 5.92. The van der Waals surface area contributed by atoms with Gasteiger partial charge in [0.05, 0.1) is 0 Å². The summed E-state index contributed by atoms with van der Waals surface area (Å²) in [6.45, 7) is 1.55. The van der Waals surface area contributed by atoms with Crippen LogP contribution in [0.4, 0.5) is 5.69 Å². The van der Waals surface area contributed by atoms with Crippen LogP contribution >= 0.6 is 23.5 Å². The van der Waals surface area contributed by atoms with Crippen molar-refractivity contribution in [3.8, 4) is 0 Å². The van der Waals surface area contributed by atoms with Gasteiger partial charge in [-0.25, -0.2) is 0 Å². The Kier molecular flexibility index (Phi) is 6.81. The average Bonchev–Trinajstić information content (AvgIpc) is 2.66. The fourth-order valence-corrected chi connectivity index (χ4v) is 4.27. The highest BCUT2D eigenvalue weighted by atomic mass is 32.2. The first-order valence-corrected chi connectivity index (χ1v) is 10.4. The number of anilines is 1. The third-order valence-corrected chi connectivity index (χ3v) is 5.84. The number of carbonyl (C=O) groups excluding carboxylic acids is 1. The van der Waals surface area contributed by atoms with Crippen molar-refractivity contribution in [2.75, 3.05) is 5.32 Å². The molecule has 1 N–H and O–H groups in total. The van der Waals surface area contributed by atoms with E-state index in [0.29, 0.717) is 0 Å². The molecule has 0 aliphatic rings. The van der Waals surface area contributed by atoms with E-state index < -0.39 is 0 Å². The Bertz CT molecular complexity index is 789. The number of amides is 1. The van der Waals surface area contributed by atoms with E-state index >= 15 is 0 Å². The van der Waals surface area contributed by atoms with E-state index in [9.17, 15) is 4.79 Å². The lowest BCUT2D eigenvalue weighted by Crippen LogP contribution is -2.06. The fourth-order valence-electron chi connectivity index (χ4n) is 2.57. The zero-order chi connectivity index (χ0) is 18.2. The Morgan fingerprint density at radius 2 is 1.23 bits per heavy atom. The SMILES string of the molecule is CC(=O)Nc1cc(CSc2ccccc2)cc(CSc2ccccc2)c1. The highest BCUT2D eigenvalue weighted by molar-refractivity contribution is 7.98. The van der Waals surface area contributed by atoms with Gasteiger partial charge in [-0.05, 0) is 47.5 Å². The van der Waals surface area contributed by atoms with Crippen molar-refractivity contribution in [3.63, 3.8) is 0 Å². The topological polar surface area (TPSA) is 29.1 Å². The maximum absolute atomic E-state index is 11.5. The summed E-state index contributed by atoms with van der Waals surface area (Å²) >= 11 is 3.61. The molecule has 26 heavy (non-hydrogen) atoms. The molecule has 3 rings (SSSR count). The molecule has 0 atom stereocenters. The maximum atomic E-state index is 11.5. The van der Waals surface area contributed by atoms with Crippen LogP contribution in [0.25, 0.3) is 0 Å². The van der Waals surface area contributed by atoms with Gasteiger partial charge < -0.3 is 5.32 Å². The molecule has 132 valence electrons. The highest BCUT2D eigenvalue weighted by Crippen LogP contribution is 2.28. The van der Waals surface area contributed by atoms with Crippen molar-refractivity contribution in [1.82, 2.24) is 0 Å². The van der Waals surface area contributed by atoms with Crippen LogP contribution in [0, 0.1) is 0 Å². The van der Waals surface area contributed by atoms with Gasteiger partial charge in [0.2, 0.25) is 5.91 Å². The van der Waals surface area contributed by atoms with Gasteiger partial charge in [0.15, 0.2) is 0 Å². The first kappa shape index (κ1) is 18.6. The zero-order valence-electron chi connectivity index (χ0n) is 14.6. The number of carbonyl (C=O) groups is 1. The lowest BCUT2D eigenvalue weighted by molar-refractivity contribution is -0.114. The van der Waals surface area contributed by atoms with Crippen LogP contribution < -0.4 is 5.32 Å². The van der Waals surface area contributed by atoms with E-state index in [0.717, 1.165) is 17.2 Å². The van der Waals surface area contributed by atoms with Gasteiger partial charge in [-0.15, -0.1) is 23.5 Å². The zero-order valence-corrected chi connectivity index (χ0v) is 16.3. The molecule has 0 aliphatic heterocycles. The lowest BCUT2D eigenvalue weighted by Gasteiger charge is -2.10. The Labute approximate surface area is 163 Å². The first-order chi connectivity index (χ1) is 12.7. The third kappa shape index (κ3) is 5.97. The van der Waals surface area contributed by atoms with E-state index in [2.05, 4.69) is 72.0 Å². The Morgan fingerprint density at radius 1 is 0.769 bits per heavy atom. The molecule has 0 fully saturated rings. The molecule has 0 heterocycles. The second-order valence-corrected chi connectivity index (χ2v) is 8.02. The maximum Gasteiger partial charge on any atom is 0.221 e. The van der Waals surface area contributed by atoms with Crippen LogP contribution in [0.3, 0.4) is 0 Å². The minimum absolute atomic E-state index is 0.0421. The van der Waals surface area contributed by atoms with Crippen molar-refractivity contribution in [2.24, 2.45) is 0 Å². The average molecular weight is 380 g/mol. The van der Waals surface area contributed by atoms with Crippen LogP contribution in [-0.2, 0) is 16.3 Å². The number of hydrogen-bond acceptors (Lipinski definition) is 3. The number of hydrogen-bond donors (Lipinski definition) is 1. The fraction of sp³-hybridized carbons (Fsp3) is 0.136. The molecule has 4 heteroatoms. The van der Waals surface area contributed by atoms with Gasteiger partial charge >= 0.3 is 0 Å².